The minimum atomic E-state index is -3.82. The number of hydrogen-bond donors (Lipinski definition) is 0. The lowest BCUT2D eigenvalue weighted by atomic mass is 10.4. The molecule has 1 fully saturated rings. The Balaban J connectivity index is 2.33. The fourth-order valence-corrected chi connectivity index (χ4v) is 3.24. The van der Waals surface area contributed by atoms with Crippen molar-refractivity contribution in [2.75, 3.05) is 20.1 Å². The lowest BCUT2D eigenvalue weighted by Crippen LogP contribution is -2.53. The number of amides is 2. The Morgan fingerprint density at radius 2 is 1.53 bits per heavy atom. The van der Waals surface area contributed by atoms with Gasteiger partial charge in [0, 0.05) is 11.5 Å². The summed E-state index contributed by atoms with van der Waals surface area (Å²) in [4.78, 5) is 24.1. The first-order chi connectivity index (χ1) is 8.82. The molecule has 102 valence electrons. The number of nitrogens with zero attached hydrogens (tertiary/aromatic N) is 2. The minimum Gasteiger partial charge on any atom is -0.283 e. The van der Waals surface area contributed by atoms with Crippen molar-refractivity contribution in [3.8, 4) is 0 Å². The van der Waals surface area contributed by atoms with E-state index in [9.17, 15) is 18.0 Å². The summed E-state index contributed by atoms with van der Waals surface area (Å²) in [5, 5.41) is 0. The van der Waals surface area contributed by atoms with Crippen LogP contribution in [0.3, 0.4) is 0 Å². The molecule has 0 spiro atoms. The van der Waals surface area contributed by atoms with Gasteiger partial charge in [-0.25, -0.2) is 8.42 Å². The first-order valence-electron chi connectivity index (χ1n) is 5.37. The highest BCUT2D eigenvalue weighted by atomic mass is 79.9. The summed E-state index contributed by atoms with van der Waals surface area (Å²) in [6, 6.07) is 6.03. The Morgan fingerprint density at radius 1 is 1.05 bits per heavy atom. The zero-order valence-electron chi connectivity index (χ0n) is 10.0. The highest BCUT2D eigenvalue weighted by Crippen LogP contribution is 2.20. The number of imide groups is 1. The van der Waals surface area contributed by atoms with Gasteiger partial charge in [0.2, 0.25) is 21.8 Å². The van der Waals surface area contributed by atoms with E-state index in [1.165, 1.54) is 19.2 Å². The second-order valence-corrected chi connectivity index (χ2v) is 6.93. The lowest BCUT2D eigenvalue weighted by Gasteiger charge is -2.29. The van der Waals surface area contributed by atoms with Crippen molar-refractivity contribution in [1.29, 1.82) is 0 Å². The second kappa shape index (κ2) is 5.03. The van der Waals surface area contributed by atoms with Gasteiger partial charge in [-0.2, -0.15) is 4.31 Å². The molecule has 8 heteroatoms. The van der Waals surface area contributed by atoms with E-state index in [0.29, 0.717) is 0 Å². The fourth-order valence-electron chi connectivity index (χ4n) is 1.63. The molecule has 0 aromatic heterocycles. The SMILES string of the molecule is CN1C(=O)CN(S(=O)(=O)c2ccc(Br)cc2)CC1=O. The molecule has 0 radical (unpaired) electrons. The third-order valence-electron chi connectivity index (χ3n) is 2.82. The van der Waals surface area contributed by atoms with Gasteiger partial charge in [-0.05, 0) is 24.3 Å². The molecular weight excluding hydrogens is 336 g/mol. The number of halogens is 1. The first-order valence-corrected chi connectivity index (χ1v) is 7.61. The number of sulfonamides is 1. The van der Waals surface area contributed by atoms with E-state index in [-0.39, 0.29) is 18.0 Å². The van der Waals surface area contributed by atoms with Crippen LogP contribution in [0.15, 0.2) is 33.6 Å². The van der Waals surface area contributed by atoms with Crippen LogP contribution in [0.4, 0.5) is 0 Å². The predicted molar refractivity (Wildman–Crippen MR) is 70.7 cm³/mol. The average Bonchev–Trinajstić information content (AvgIpc) is 2.35. The highest BCUT2D eigenvalue weighted by molar-refractivity contribution is 9.10. The standard InChI is InChI=1S/C11H11BrN2O4S/c1-13-10(15)6-14(7-11(13)16)19(17,18)9-4-2-8(12)3-5-9/h2-5H,6-7H2,1H3. The number of likely N-dealkylation sites (N-methyl/N-ethyl adjacent to an activating group) is 1. The largest absolute Gasteiger partial charge is 0.283 e. The van der Waals surface area contributed by atoms with E-state index in [1.54, 1.807) is 12.1 Å². The van der Waals surface area contributed by atoms with Crippen LogP contribution in [0.25, 0.3) is 0 Å². The molecule has 19 heavy (non-hydrogen) atoms. The van der Waals surface area contributed by atoms with Crippen LogP contribution < -0.4 is 0 Å². The lowest BCUT2D eigenvalue weighted by molar-refractivity contribution is -0.147. The van der Waals surface area contributed by atoms with Gasteiger partial charge in [0.1, 0.15) is 0 Å². The molecule has 0 unspecified atom stereocenters. The molecule has 2 rings (SSSR count). The van der Waals surface area contributed by atoms with Gasteiger partial charge in [0.05, 0.1) is 18.0 Å². The highest BCUT2D eigenvalue weighted by Gasteiger charge is 2.35. The molecule has 6 nitrogen and oxygen atoms in total. The second-order valence-electron chi connectivity index (χ2n) is 4.07. The number of rotatable bonds is 2. The molecule has 1 saturated heterocycles. The van der Waals surface area contributed by atoms with E-state index < -0.39 is 21.8 Å². The monoisotopic (exact) mass is 346 g/mol. The van der Waals surface area contributed by atoms with Gasteiger partial charge >= 0.3 is 0 Å². The molecule has 1 aromatic carbocycles. The third-order valence-corrected chi connectivity index (χ3v) is 5.16. The smallest absolute Gasteiger partial charge is 0.244 e. The Morgan fingerprint density at radius 3 is 2.00 bits per heavy atom. The van der Waals surface area contributed by atoms with Crippen LogP contribution in [-0.2, 0) is 19.6 Å². The maximum absolute atomic E-state index is 12.3. The summed E-state index contributed by atoms with van der Waals surface area (Å²) >= 11 is 3.21. The van der Waals surface area contributed by atoms with Gasteiger partial charge in [-0.15, -0.1) is 0 Å². The molecular formula is C11H11BrN2O4S. The molecule has 0 bridgehead atoms. The molecule has 2 amide bonds. The molecule has 1 aliphatic rings. The zero-order valence-corrected chi connectivity index (χ0v) is 12.4. The summed E-state index contributed by atoms with van der Waals surface area (Å²) < 4.78 is 26.2. The Kier molecular flexibility index (Phi) is 3.75. The van der Waals surface area contributed by atoms with Crippen molar-refractivity contribution in [2.24, 2.45) is 0 Å². The summed E-state index contributed by atoms with van der Waals surface area (Å²) in [5.74, 6) is -1.06. The summed E-state index contributed by atoms with van der Waals surface area (Å²) in [6.45, 7) is -0.638. The van der Waals surface area contributed by atoms with E-state index in [2.05, 4.69) is 15.9 Å². The van der Waals surface area contributed by atoms with Crippen LogP contribution >= 0.6 is 15.9 Å². The van der Waals surface area contributed by atoms with Crippen molar-refractivity contribution < 1.29 is 18.0 Å². The van der Waals surface area contributed by atoms with E-state index in [0.717, 1.165) is 13.7 Å². The normalized spacial score (nSPS) is 17.9. The predicted octanol–water partition coefficient (Wildman–Crippen LogP) is 0.438. The number of carbonyl (C=O) groups excluding carboxylic acids is 2. The van der Waals surface area contributed by atoms with Crippen LogP contribution in [0, 0.1) is 0 Å². The fraction of sp³-hybridized carbons (Fsp3) is 0.273. The van der Waals surface area contributed by atoms with E-state index >= 15 is 0 Å². The number of piperazine rings is 1. The van der Waals surface area contributed by atoms with Gasteiger partial charge in [-0.1, -0.05) is 15.9 Å². The topological polar surface area (TPSA) is 74.8 Å². The maximum atomic E-state index is 12.3. The van der Waals surface area contributed by atoms with Crippen LogP contribution in [0.2, 0.25) is 0 Å². The van der Waals surface area contributed by atoms with Crippen LogP contribution in [0.1, 0.15) is 0 Å². The van der Waals surface area contributed by atoms with E-state index in [1.807, 2.05) is 0 Å². The average molecular weight is 347 g/mol. The molecule has 0 N–H and O–H groups in total. The summed E-state index contributed by atoms with van der Waals surface area (Å²) in [7, 11) is -2.48. The van der Waals surface area contributed by atoms with Gasteiger partial charge in [0.25, 0.3) is 0 Å². The number of carbonyl (C=O) groups is 2. The van der Waals surface area contributed by atoms with Crippen LogP contribution in [-0.4, -0.2) is 49.6 Å². The van der Waals surface area contributed by atoms with Crippen molar-refractivity contribution in [1.82, 2.24) is 9.21 Å². The van der Waals surface area contributed by atoms with Crippen molar-refractivity contribution in [2.45, 2.75) is 4.90 Å². The first kappa shape index (κ1) is 14.2. The quantitative estimate of drug-likeness (QED) is 0.728. The molecule has 0 atom stereocenters. The Labute approximate surface area is 119 Å². The molecule has 1 aromatic rings. The molecule has 0 aliphatic carbocycles. The zero-order chi connectivity index (χ0) is 14.2. The third kappa shape index (κ3) is 2.70. The van der Waals surface area contributed by atoms with Crippen LogP contribution in [0.5, 0.6) is 0 Å². The minimum absolute atomic E-state index is 0.0563. The Bertz CT molecular complexity index is 609. The Hall–Kier alpha value is -1.25. The van der Waals surface area contributed by atoms with E-state index in [4.69, 9.17) is 0 Å². The molecule has 1 heterocycles. The van der Waals surface area contributed by atoms with Crippen molar-refractivity contribution >= 4 is 37.8 Å². The number of benzene rings is 1. The number of hydrogen-bond acceptors (Lipinski definition) is 4. The summed E-state index contributed by atoms with van der Waals surface area (Å²) in [5.41, 5.74) is 0. The van der Waals surface area contributed by atoms with Crippen molar-refractivity contribution in [3.63, 3.8) is 0 Å². The van der Waals surface area contributed by atoms with Gasteiger partial charge < -0.3 is 0 Å². The van der Waals surface area contributed by atoms with Crippen molar-refractivity contribution in [3.05, 3.63) is 28.7 Å². The molecule has 0 saturated carbocycles. The summed E-state index contributed by atoms with van der Waals surface area (Å²) in [6.07, 6.45) is 0. The van der Waals surface area contributed by atoms with Gasteiger partial charge in [-0.3, -0.25) is 14.5 Å². The maximum Gasteiger partial charge on any atom is 0.244 e. The molecule has 1 aliphatic heterocycles. The van der Waals surface area contributed by atoms with Gasteiger partial charge in [0.15, 0.2) is 0 Å².